The maximum absolute atomic E-state index is 14.9. The Bertz CT molecular complexity index is 869. The molecule has 0 saturated carbocycles. The second kappa shape index (κ2) is 7.52. The molecule has 29 heavy (non-hydrogen) atoms. The smallest absolute Gasteiger partial charge is 0.414 e. The number of amides is 2. The number of halogens is 1. The predicted octanol–water partition coefficient (Wildman–Crippen LogP) is 1.78. The summed E-state index contributed by atoms with van der Waals surface area (Å²) in [5.74, 6) is -0.721. The number of anilines is 2. The summed E-state index contributed by atoms with van der Waals surface area (Å²) in [4.78, 5) is 26.3. The highest BCUT2D eigenvalue weighted by atomic mass is 19.1. The maximum atomic E-state index is 14.9. The minimum atomic E-state index is -1.46. The van der Waals surface area contributed by atoms with Gasteiger partial charge in [-0.05, 0) is 18.2 Å². The molecule has 8 nitrogen and oxygen atoms in total. The summed E-state index contributed by atoms with van der Waals surface area (Å²) in [5.41, 5.74) is -1.47. The minimum Gasteiger partial charge on any atom is -0.442 e. The molecule has 0 bridgehead atoms. The number of nitriles is 1. The average Bonchev–Trinajstić information content (AvgIpc) is 3.03. The highest BCUT2D eigenvalue weighted by molar-refractivity contribution is 5.90. The van der Waals surface area contributed by atoms with Gasteiger partial charge in [0.2, 0.25) is 5.91 Å². The van der Waals surface area contributed by atoms with Crippen LogP contribution in [0.5, 0.6) is 0 Å². The lowest BCUT2D eigenvalue weighted by molar-refractivity contribution is -0.119. The van der Waals surface area contributed by atoms with Crippen LogP contribution in [0.4, 0.5) is 20.6 Å². The molecular weight excluding hydrogens is 379 g/mol. The van der Waals surface area contributed by atoms with Gasteiger partial charge in [0, 0.05) is 31.8 Å². The second-order valence-corrected chi connectivity index (χ2v) is 8.22. The molecule has 2 aliphatic heterocycles. The molecule has 2 N–H and O–H groups in total. The highest BCUT2D eigenvalue weighted by Gasteiger charge is 2.48. The first kappa shape index (κ1) is 20.9. The van der Waals surface area contributed by atoms with Crippen LogP contribution in [0.15, 0.2) is 18.2 Å². The minimum absolute atomic E-state index is 0.197. The summed E-state index contributed by atoms with van der Waals surface area (Å²) in [5, 5.41) is 22.4. The van der Waals surface area contributed by atoms with Crippen LogP contribution in [0, 0.1) is 22.6 Å². The van der Waals surface area contributed by atoms with Crippen LogP contribution in [-0.2, 0) is 9.53 Å². The number of carbonyl (C=O) groups excluding carboxylic acids is 2. The lowest BCUT2D eigenvalue weighted by atomic mass is 9.71. The second-order valence-electron chi connectivity index (χ2n) is 8.22. The Morgan fingerprint density at radius 1 is 1.48 bits per heavy atom. The summed E-state index contributed by atoms with van der Waals surface area (Å²) in [6, 6.07) is 6.48. The number of hydrogen-bond donors (Lipinski definition) is 2. The zero-order valence-corrected chi connectivity index (χ0v) is 16.7. The summed E-state index contributed by atoms with van der Waals surface area (Å²) in [6.45, 7) is 6.01. The molecule has 9 heteroatoms. The monoisotopic (exact) mass is 404 g/mol. The number of carbonyl (C=O) groups is 2. The zero-order chi connectivity index (χ0) is 21.4. The van der Waals surface area contributed by atoms with E-state index in [0.717, 1.165) is 0 Å². The van der Waals surface area contributed by atoms with Crippen LogP contribution in [0.1, 0.15) is 27.2 Å². The first-order valence-corrected chi connectivity index (χ1v) is 9.47. The van der Waals surface area contributed by atoms with Crippen molar-refractivity contribution in [2.75, 3.05) is 36.0 Å². The van der Waals surface area contributed by atoms with E-state index in [2.05, 4.69) is 5.32 Å². The standard InChI is InChI=1S/C20H25FN4O4/c1-13(26)23-9-15-10-25(18(27)29-15)14-4-5-17(16(21)8-14)24-7-6-20(28,11-22)19(2,3)12-24/h4-5,8,15,28H,6-7,9-10,12H2,1-3H3,(H,23,26). The van der Waals surface area contributed by atoms with Crippen molar-refractivity contribution in [3.05, 3.63) is 24.0 Å². The molecular formula is C20H25FN4O4. The van der Waals surface area contributed by atoms with Gasteiger partial charge in [-0.15, -0.1) is 0 Å². The van der Waals surface area contributed by atoms with Crippen LogP contribution in [0.2, 0.25) is 0 Å². The summed E-state index contributed by atoms with van der Waals surface area (Å²) < 4.78 is 20.1. The molecule has 2 unspecified atom stereocenters. The molecule has 2 fully saturated rings. The molecule has 1 aromatic carbocycles. The number of aliphatic hydroxyl groups is 1. The lowest BCUT2D eigenvalue weighted by Gasteiger charge is -2.47. The molecule has 0 aliphatic carbocycles. The number of nitrogens with zero attached hydrogens (tertiary/aromatic N) is 3. The van der Waals surface area contributed by atoms with Crippen LogP contribution >= 0.6 is 0 Å². The molecule has 0 spiro atoms. The first-order valence-electron chi connectivity index (χ1n) is 9.47. The zero-order valence-electron chi connectivity index (χ0n) is 16.7. The number of ether oxygens (including phenoxy) is 1. The van der Waals surface area contributed by atoms with Gasteiger partial charge in [0.1, 0.15) is 11.9 Å². The van der Waals surface area contributed by atoms with E-state index in [0.29, 0.717) is 24.5 Å². The fourth-order valence-corrected chi connectivity index (χ4v) is 3.75. The molecule has 1 aromatic rings. The molecule has 2 atom stereocenters. The van der Waals surface area contributed by atoms with E-state index in [4.69, 9.17) is 4.74 Å². The maximum Gasteiger partial charge on any atom is 0.414 e. The highest BCUT2D eigenvalue weighted by Crippen LogP contribution is 2.40. The Hall–Kier alpha value is -2.86. The van der Waals surface area contributed by atoms with E-state index in [1.807, 2.05) is 6.07 Å². The van der Waals surface area contributed by atoms with Crippen LogP contribution in [0.25, 0.3) is 0 Å². The number of piperidine rings is 1. The molecule has 0 radical (unpaired) electrons. The molecule has 2 saturated heterocycles. The Kier molecular flexibility index (Phi) is 5.41. The number of hydrogen-bond acceptors (Lipinski definition) is 6. The van der Waals surface area contributed by atoms with Gasteiger partial charge in [0.25, 0.3) is 0 Å². The van der Waals surface area contributed by atoms with Gasteiger partial charge in [-0.3, -0.25) is 9.69 Å². The van der Waals surface area contributed by atoms with Crippen molar-refractivity contribution in [3.63, 3.8) is 0 Å². The Labute approximate surface area is 168 Å². The van der Waals surface area contributed by atoms with Crippen LogP contribution in [0.3, 0.4) is 0 Å². The van der Waals surface area contributed by atoms with Gasteiger partial charge in [-0.2, -0.15) is 5.26 Å². The summed E-state index contributed by atoms with van der Waals surface area (Å²) in [6.07, 6.45) is -0.882. The van der Waals surface area contributed by atoms with Crippen molar-refractivity contribution >= 4 is 23.4 Å². The van der Waals surface area contributed by atoms with Crippen LogP contribution in [-0.4, -0.2) is 55.0 Å². The third-order valence-electron chi connectivity index (χ3n) is 5.67. The normalized spacial score (nSPS) is 26.1. The molecule has 3 rings (SSSR count). The first-order chi connectivity index (χ1) is 13.6. The van der Waals surface area contributed by atoms with Gasteiger partial charge < -0.3 is 20.1 Å². The van der Waals surface area contributed by atoms with Gasteiger partial charge in [-0.1, -0.05) is 13.8 Å². The van der Waals surface area contributed by atoms with E-state index in [1.54, 1.807) is 30.9 Å². The lowest BCUT2D eigenvalue weighted by Crippen LogP contribution is -2.56. The van der Waals surface area contributed by atoms with Gasteiger partial charge in [0.15, 0.2) is 5.60 Å². The summed E-state index contributed by atoms with van der Waals surface area (Å²) >= 11 is 0. The Balaban J connectivity index is 1.74. The van der Waals surface area contributed by atoms with Crippen molar-refractivity contribution in [1.29, 1.82) is 5.26 Å². The number of nitrogens with one attached hydrogen (secondary N) is 1. The van der Waals surface area contributed by atoms with Gasteiger partial charge >= 0.3 is 6.09 Å². The third kappa shape index (κ3) is 3.98. The van der Waals surface area contributed by atoms with Crippen molar-refractivity contribution in [2.45, 2.75) is 38.9 Å². The topological polar surface area (TPSA) is 106 Å². The van der Waals surface area contributed by atoms with E-state index in [-0.39, 0.29) is 25.4 Å². The predicted molar refractivity (Wildman–Crippen MR) is 104 cm³/mol. The SMILES string of the molecule is CC(=O)NCC1CN(c2ccc(N3CCC(O)(C#N)C(C)(C)C3)c(F)c2)C(=O)O1. The van der Waals surface area contributed by atoms with E-state index in [1.165, 1.54) is 17.9 Å². The molecule has 2 amide bonds. The number of benzene rings is 1. The van der Waals surface area contributed by atoms with Crippen molar-refractivity contribution in [1.82, 2.24) is 5.32 Å². The fourth-order valence-electron chi connectivity index (χ4n) is 3.75. The Morgan fingerprint density at radius 3 is 2.79 bits per heavy atom. The summed E-state index contributed by atoms with van der Waals surface area (Å²) in [7, 11) is 0. The van der Waals surface area contributed by atoms with Crippen molar-refractivity contribution < 1.29 is 23.8 Å². The van der Waals surface area contributed by atoms with Crippen LogP contribution < -0.4 is 15.1 Å². The van der Waals surface area contributed by atoms with E-state index >= 15 is 0 Å². The quantitative estimate of drug-likeness (QED) is 0.741. The largest absolute Gasteiger partial charge is 0.442 e. The number of rotatable bonds is 4. The van der Waals surface area contributed by atoms with Crippen molar-refractivity contribution in [2.24, 2.45) is 5.41 Å². The van der Waals surface area contributed by atoms with Gasteiger partial charge in [-0.25, -0.2) is 9.18 Å². The van der Waals surface area contributed by atoms with E-state index in [9.17, 15) is 24.3 Å². The molecule has 0 aromatic heterocycles. The van der Waals surface area contributed by atoms with Gasteiger partial charge in [0.05, 0.1) is 30.5 Å². The molecule has 2 aliphatic rings. The Morgan fingerprint density at radius 2 is 2.21 bits per heavy atom. The van der Waals surface area contributed by atoms with E-state index < -0.39 is 29.0 Å². The molecule has 2 heterocycles. The van der Waals surface area contributed by atoms with Crippen molar-refractivity contribution in [3.8, 4) is 6.07 Å². The average molecular weight is 404 g/mol. The fraction of sp³-hybridized carbons (Fsp3) is 0.550. The number of cyclic esters (lactones) is 1. The molecule has 156 valence electrons. The third-order valence-corrected chi connectivity index (χ3v) is 5.67.